The quantitative estimate of drug-likeness (QED) is 0.623. The molecule has 1 N–H and O–H groups in total. The van der Waals surface area contributed by atoms with Crippen molar-refractivity contribution in [3.63, 3.8) is 0 Å². The Morgan fingerprint density at radius 2 is 1.92 bits per heavy atom. The number of hydrogen-bond donors (Lipinski definition) is 1. The number of furan rings is 1. The zero-order valence-electron chi connectivity index (χ0n) is 13.5. The van der Waals surface area contributed by atoms with E-state index in [9.17, 15) is 22.4 Å². The fourth-order valence-corrected chi connectivity index (χ4v) is 2.50. The van der Waals surface area contributed by atoms with Gasteiger partial charge in [-0.1, -0.05) is 0 Å². The first-order valence-electron chi connectivity index (χ1n) is 7.90. The van der Waals surface area contributed by atoms with Crippen molar-refractivity contribution in [2.24, 2.45) is 0 Å². The third-order valence-corrected chi connectivity index (χ3v) is 3.83. The highest BCUT2D eigenvalue weighted by atomic mass is 19.2. The van der Waals surface area contributed by atoms with Crippen molar-refractivity contribution in [2.75, 3.05) is 13.2 Å². The van der Waals surface area contributed by atoms with Gasteiger partial charge in [0.2, 0.25) is 11.6 Å². The Balaban J connectivity index is 1.59. The van der Waals surface area contributed by atoms with E-state index in [2.05, 4.69) is 5.32 Å². The van der Waals surface area contributed by atoms with Crippen LogP contribution in [-0.4, -0.2) is 25.2 Å². The summed E-state index contributed by atoms with van der Waals surface area (Å²) < 4.78 is 68.6. The molecule has 1 atom stereocenters. The second kappa shape index (κ2) is 7.77. The van der Waals surface area contributed by atoms with Gasteiger partial charge in [0.15, 0.2) is 23.1 Å². The Hall–Kier alpha value is -2.55. The lowest BCUT2D eigenvalue weighted by molar-refractivity contribution is 0.0831. The van der Waals surface area contributed by atoms with Gasteiger partial charge in [-0.2, -0.15) is 8.78 Å². The van der Waals surface area contributed by atoms with E-state index in [0.29, 0.717) is 13.2 Å². The molecule has 140 valence electrons. The lowest BCUT2D eigenvalue weighted by Crippen LogP contribution is -2.31. The van der Waals surface area contributed by atoms with Crippen molar-refractivity contribution in [1.82, 2.24) is 5.32 Å². The van der Waals surface area contributed by atoms with Gasteiger partial charge in [-0.15, -0.1) is 0 Å². The van der Waals surface area contributed by atoms with Crippen LogP contribution in [-0.2, 0) is 11.3 Å². The van der Waals surface area contributed by atoms with Crippen LogP contribution in [0.25, 0.3) is 0 Å². The van der Waals surface area contributed by atoms with E-state index in [4.69, 9.17) is 13.9 Å². The highest BCUT2D eigenvalue weighted by Gasteiger charge is 2.22. The largest absolute Gasteiger partial charge is 0.479 e. The van der Waals surface area contributed by atoms with Crippen molar-refractivity contribution in [3.05, 3.63) is 53.0 Å². The number of hydrogen-bond acceptors (Lipinski definition) is 4. The summed E-state index contributed by atoms with van der Waals surface area (Å²) in [6.07, 6.45) is 1.76. The number of carbonyl (C=O) groups excluding carboxylic acids is 1. The summed E-state index contributed by atoms with van der Waals surface area (Å²) in [6, 6.07) is 2.79. The summed E-state index contributed by atoms with van der Waals surface area (Å²) in [5, 5.41) is 2.64. The van der Waals surface area contributed by atoms with Crippen LogP contribution in [0.1, 0.15) is 29.2 Å². The minimum Gasteiger partial charge on any atom is -0.479 e. The molecule has 0 spiro atoms. The Morgan fingerprint density at radius 3 is 2.58 bits per heavy atom. The maximum atomic E-state index is 13.5. The van der Waals surface area contributed by atoms with Gasteiger partial charge in [0.25, 0.3) is 5.91 Å². The highest BCUT2D eigenvalue weighted by Crippen LogP contribution is 2.27. The number of halogens is 4. The summed E-state index contributed by atoms with van der Waals surface area (Å²) in [5.41, 5.74) is 0. The monoisotopic (exact) mass is 373 g/mol. The molecule has 9 heteroatoms. The number of carbonyl (C=O) groups is 1. The summed E-state index contributed by atoms with van der Waals surface area (Å²) >= 11 is 0. The van der Waals surface area contributed by atoms with Crippen LogP contribution in [0.15, 0.2) is 22.6 Å². The smallest absolute Gasteiger partial charge is 0.287 e. The van der Waals surface area contributed by atoms with E-state index in [-0.39, 0.29) is 23.7 Å². The van der Waals surface area contributed by atoms with Crippen LogP contribution in [0.2, 0.25) is 0 Å². The van der Waals surface area contributed by atoms with E-state index in [1.54, 1.807) is 0 Å². The summed E-state index contributed by atoms with van der Waals surface area (Å²) in [6.45, 7) is 0.483. The molecule has 2 aromatic rings. The molecule has 1 aromatic heterocycles. The lowest BCUT2D eigenvalue weighted by atomic mass is 10.2. The molecule has 0 saturated carbocycles. The van der Waals surface area contributed by atoms with Crippen LogP contribution in [0.5, 0.6) is 5.75 Å². The van der Waals surface area contributed by atoms with E-state index in [1.165, 1.54) is 12.1 Å². The molecule has 1 fully saturated rings. The first kappa shape index (κ1) is 18.2. The molecule has 1 amide bonds. The molecule has 5 nitrogen and oxygen atoms in total. The summed E-state index contributed by atoms with van der Waals surface area (Å²) in [5.74, 6) is -8.11. The van der Waals surface area contributed by atoms with E-state index in [1.807, 2.05) is 0 Å². The third-order valence-electron chi connectivity index (χ3n) is 3.83. The Labute approximate surface area is 145 Å². The van der Waals surface area contributed by atoms with Crippen molar-refractivity contribution in [2.45, 2.75) is 25.6 Å². The topological polar surface area (TPSA) is 60.7 Å². The van der Waals surface area contributed by atoms with Crippen molar-refractivity contribution < 1.29 is 36.2 Å². The normalized spacial score (nSPS) is 16.7. The molecule has 1 saturated heterocycles. The Morgan fingerprint density at radius 1 is 1.19 bits per heavy atom. The lowest BCUT2D eigenvalue weighted by Gasteiger charge is -2.09. The predicted octanol–water partition coefficient (Wildman–Crippen LogP) is 3.32. The average molecular weight is 373 g/mol. The van der Waals surface area contributed by atoms with E-state index < -0.39 is 41.5 Å². The Kier molecular flexibility index (Phi) is 5.46. The molecule has 0 aliphatic carbocycles. The summed E-state index contributed by atoms with van der Waals surface area (Å²) in [7, 11) is 0. The molecule has 1 aliphatic rings. The minimum atomic E-state index is -1.65. The number of nitrogens with one attached hydrogen (secondary N) is 1. The number of benzene rings is 1. The van der Waals surface area contributed by atoms with Crippen LogP contribution < -0.4 is 10.1 Å². The number of rotatable bonds is 6. The van der Waals surface area contributed by atoms with Gasteiger partial charge in [0, 0.05) is 19.2 Å². The molecular weight excluding hydrogens is 358 g/mol. The standard InChI is InChI=1S/C17H15F4NO4/c18-11-6-12(19)15(21)16(14(11)20)25-8-10-3-4-13(26-10)17(23)22-7-9-2-1-5-24-9/h3-4,6,9H,1-2,5,7-8H2,(H,22,23)/t9-/m0/s1. The van der Waals surface area contributed by atoms with Gasteiger partial charge in [-0.25, -0.2) is 8.78 Å². The van der Waals surface area contributed by atoms with Gasteiger partial charge in [0.1, 0.15) is 12.4 Å². The molecule has 26 heavy (non-hydrogen) atoms. The maximum absolute atomic E-state index is 13.5. The maximum Gasteiger partial charge on any atom is 0.287 e. The predicted molar refractivity (Wildman–Crippen MR) is 80.6 cm³/mol. The van der Waals surface area contributed by atoms with Gasteiger partial charge >= 0.3 is 0 Å². The molecule has 1 aromatic carbocycles. The fourth-order valence-electron chi connectivity index (χ4n) is 2.50. The minimum absolute atomic E-state index is 0.0343. The first-order valence-corrected chi connectivity index (χ1v) is 7.90. The van der Waals surface area contributed by atoms with Crippen LogP contribution >= 0.6 is 0 Å². The van der Waals surface area contributed by atoms with Crippen LogP contribution in [0.3, 0.4) is 0 Å². The highest BCUT2D eigenvalue weighted by molar-refractivity contribution is 5.91. The zero-order valence-corrected chi connectivity index (χ0v) is 13.5. The van der Waals surface area contributed by atoms with Gasteiger partial charge in [0.05, 0.1) is 6.10 Å². The molecule has 0 bridgehead atoms. The second-order valence-corrected chi connectivity index (χ2v) is 5.70. The number of amides is 1. The van der Waals surface area contributed by atoms with E-state index in [0.717, 1.165) is 12.8 Å². The fraction of sp³-hybridized carbons (Fsp3) is 0.353. The Bertz CT molecular complexity index is 776. The molecule has 3 rings (SSSR count). The van der Waals surface area contributed by atoms with Crippen molar-refractivity contribution in [1.29, 1.82) is 0 Å². The van der Waals surface area contributed by atoms with Gasteiger partial charge in [-0.3, -0.25) is 4.79 Å². The average Bonchev–Trinajstić information content (AvgIpc) is 3.30. The second-order valence-electron chi connectivity index (χ2n) is 5.70. The van der Waals surface area contributed by atoms with Crippen LogP contribution in [0.4, 0.5) is 17.6 Å². The first-order chi connectivity index (χ1) is 12.5. The molecule has 2 heterocycles. The van der Waals surface area contributed by atoms with E-state index >= 15 is 0 Å². The molecule has 0 unspecified atom stereocenters. The van der Waals surface area contributed by atoms with Gasteiger partial charge < -0.3 is 19.2 Å². The molecular formula is C17H15F4NO4. The van der Waals surface area contributed by atoms with Crippen molar-refractivity contribution >= 4 is 5.91 Å². The van der Waals surface area contributed by atoms with Gasteiger partial charge in [-0.05, 0) is 25.0 Å². The van der Waals surface area contributed by atoms with Crippen molar-refractivity contribution in [3.8, 4) is 5.75 Å². The number of ether oxygens (including phenoxy) is 2. The zero-order chi connectivity index (χ0) is 18.7. The third kappa shape index (κ3) is 3.98. The SMILES string of the molecule is O=C(NC[C@@H]1CCCO1)c1ccc(COc2c(F)c(F)cc(F)c2F)o1. The molecule has 1 aliphatic heterocycles. The molecule has 0 radical (unpaired) electrons. The summed E-state index contributed by atoms with van der Waals surface area (Å²) in [4.78, 5) is 12.0. The van der Waals surface area contributed by atoms with Crippen LogP contribution in [0, 0.1) is 23.3 Å².